The molecule has 2 aromatic carbocycles. The van der Waals surface area contributed by atoms with Gasteiger partial charge in [0.2, 0.25) is 9.84 Å². The van der Waals surface area contributed by atoms with E-state index >= 15 is 0 Å². The molecule has 2 rings (SSSR count). The number of nitro benzene ring substituents is 1. The van der Waals surface area contributed by atoms with Crippen molar-refractivity contribution in [2.24, 2.45) is 0 Å². The maximum Gasteiger partial charge on any atom is 0.319 e. The molecular weight excluding hydrogens is 346 g/mol. The zero-order valence-electron chi connectivity index (χ0n) is 13.6. The number of amides is 2. The highest BCUT2D eigenvalue weighted by atomic mass is 32.2. The number of nitro groups is 1. The van der Waals surface area contributed by atoms with E-state index in [2.05, 4.69) is 10.6 Å². The summed E-state index contributed by atoms with van der Waals surface area (Å²) in [5.41, 5.74) is 0.260. The van der Waals surface area contributed by atoms with Gasteiger partial charge in [-0.05, 0) is 50.2 Å². The lowest BCUT2D eigenvalue weighted by Gasteiger charge is -2.10. The molecule has 25 heavy (non-hydrogen) atoms. The third-order valence-corrected chi connectivity index (χ3v) is 4.99. The van der Waals surface area contributed by atoms with Crippen molar-refractivity contribution in [1.82, 2.24) is 5.32 Å². The highest BCUT2D eigenvalue weighted by molar-refractivity contribution is 7.91. The topological polar surface area (TPSA) is 118 Å². The number of carbonyl (C=O) groups is 1. The quantitative estimate of drug-likeness (QED) is 0.625. The van der Waals surface area contributed by atoms with Crippen molar-refractivity contribution in [2.45, 2.75) is 29.7 Å². The summed E-state index contributed by atoms with van der Waals surface area (Å²) in [6.45, 7) is 3.64. The van der Waals surface area contributed by atoms with Crippen molar-refractivity contribution >= 4 is 27.2 Å². The number of rotatable bonds is 5. The van der Waals surface area contributed by atoms with Crippen LogP contribution < -0.4 is 10.6 Å². The van der Waals surface area contributed by atoms with E-state index in [1.807, 2.05) is 13.8 Å². The Bertz CT molecular complexity index is 875. The summed E-state index contributed by atoms with van der Waals surface area (Å²) in [7, 11) is -3.80. The van der Waals surface area contributed by atoms with Crippen LogP contribution in [0.1, 0.15) is 13.8 Å². The van der Waals surface area contributed by atoms with Gasteiger partial charge in [-0.25, -0.2) is 13.2 Å². The predicted octanol–water partition coefficient (Wildman–Crippen LogP) is 2.96. The van der Waals surface area contributed by atoms with Crippen molar-refractivity contribution in [3.05, 3.63) is 58.6 Å². The third kappa shape index (κ3) is 4.54. The molecule has 2 amide bonds. The first-order valence-corrected chi connectivity index (χ1v) is 8.85. The molecule has 9 heteroatoms. The van der Waals surface area contributed by atoms with Crippen molar-refractivity contribution in [1.29, 1.82) is 0 Å². The average Bonchev–Trinajstić information content (AvgIpc) is 2.54. The maximum absolute atomic E-state index is 12.5. The maximum atomic E-state index is 12.5. The summed E-state index contributed by atoms with van der Waals surface area (Å²) in [5, 5.41) is 15.9. The predicted molar refractivity (Wildman–Crippen MR) is 92.3 cm³/mol. The minimum Gasteiger partial charge on any atom is -0.336 e. The molecule has 0 atom stereocenters. The Hall–Kier alpha value is -2.94. The number of nitrogens with zero attached hydrogens (tertiary/aromatic N) is 1. The molecule has 2 N–H and O–H groups in total. The van der Waals surface area contributed by atoms with Crippen LogP contribution in [0.25, 0.3) is 0 Å². The van der Waals surface area contributed by atoms with Crippen LogP contribution >= 0.6 is 0 Å². The average molecular weight is 363 g/mol. The summed E-state index contributed by atoms with van der Waals surface area (Å²) < 4.78 is 25.0. The van der Waals surface area contributed by atoms with E-state index in [0.29, 0.717) is 5.69 Å². The lowest BCUT2D eigenvalue weighted by atomic mass is 10.3. The van der Waals surface area contributed by atoms with Crippen molar-refractivity contribution in [3.8, 4) is 0 Å². The molecule has 8 nitrogen and oxygen atoms in total. The number of non-ortho nitro benzene ring substituents is 1. The third-order valence-electron chi connectivity index (χ3n) is 3.20. The second-order valence-corrected chi connectivity index (χ2v) is 7.48. The van der Waals surface area contributed by atoms with E-state index in [-0.39, 0.29) is 27.6 Å². The van der Waals surface area contributed by atoms with Gasteiger partial charge in [0, 0.05) is 23.9 Å². The summed E-state index contributed by atoms with van der Waals surface area (Å²) in [6, 6.07) is 9.91. The molecule has 0 bridgehead atoms. The molecule has 0 unspecified atom stereocenters. The number of anilines is 1. The Morgan fingerprint density at radius 1 is 1.00 bits per heavy atom. The minimum atomic E-state index is -3.80. The van der Waals surface area contributed by atoms with Gasteiger partial charge in [0.15, 0.2) is 0 Å². The Morgan fingerprint density at radius 3 is 1.92 bits per heavy atom. The van der Waals surface area contributed by atoms with E-state index in [4.69, 9.17) is 0 Å². The van der Waals surface area contributed by atoms with Crippen LogP contribution in [0.2, 0.25) is 0 Å². The smallest absolute Gasteiger partial charge is 0.319 e. The first-order valence-electron chi connectivity index (χ1n) is 7.37. The van der Waals surface area contributed by atoms with E-state index in [0.717, 1.165) is 12.1 Å². The van der Waals surface area contributed by atoms with Gasteiger partial charge in [-0.15, -0.1) is 0 Å². The Morgan fingerprint density at radius 2 is 1.48 bits per heavy atom. The van der Waals surface area contributed by atoms with Gasteiger partial charge in [-0.1, -0.05) is 0 Å². The van der Waals surface area contributed by atoms with Crippen LogP contribution in [-0.4, -0.2) is 25.4 Å². The fraction of sp³-hybridized carbons (Fsp3) is 0.188. The van der Waals surface area contributed by atoms with E-state index in [1.165, 1.54) is 36.4 Å². The molecule has 0 heterocycles. The van der Waals surface area contributed by atoms with Crippen LogP contribution in [0.4, 0.5) is 16.2 Å². The molecule has 0 aliphatic rings. The molecule has 0 fully saturated rings. The van der Waals surface area contributed by atoms with Crippen LogP contribution in [0.5, 0.6) is 0 Å². The van der Waals surface area contributed by atoms with Gasteiger partial charge in [-0.3, -0.25) is 10.1 Å². The van der Waals surface area contributed by atoms with Crippen LogP contribution in [0.15, 0.2) is 58.3 Å². The minimum absolute atomic E-state index is 0.0242. The Balaban J connectivity index is 2.20. The molecule has 0 saturated heterocycles. The van der Waals surface area contributed by atoms with Crippen molar-refractivity contribution in [2.75, 3.05) is 5.32 Å². The first-order chi connectivity index (χ1) is 11.7. The van der Waals surface area contributed by atoms with Crippen LogP contribution in [-0.2, 0) is 9.84 Å². The van der Waals surface area contributed by atoms with Crippen molar-refractivity contribution in [3.63, 3.8) is 0 Å². The summed E-state index contributed by atoms with van der Waals surface area (Å²) in [4.78, 5) is 21.6. The monoisotopic (exact) mass is 363 g/mol. The number of urea groups is 1. The molecule has 2 aromatic rings. The van der Waals surface area contributed by atoms with Gasteiger partial charge in [0.1, 0.15) is 0 Å². The van der Waals surface area contributed by atoms with Gasteiger partial charge in [-0.2, -0.15) is 0 Å². The SMILES string of the molecule is CC(C)NC(=O)Nc1ccc(S(=O)(=O)c2ccc([N+](=O)[O-])cc2)cc1. The van der Waals surface area contributed by atoms with E-state index in [1.54, 1.807) is 0 Å². The lowest BCUT2D eigenvalue weighted by Crippen LogP contribution is -2.34. The van der Waals surface area contributed by atoms with E-state index < -0.39 is 14.8 Å². The number of benzene rings is 2. The van der Waals surface area contributed by atoms with Gasteiger partial charge < -0.3 is 10.6 Å². The zero-order valence-corrected chi connectivity index (χ0v) is 14.4. The molecule has 0 aliphatic carbocycles. The second kappa shape index (κ2) is 7.31. The molecule has 0 aromatic heterocycles. The highest BCUT2D eigenvalue weighted by Crippen LogP contribution is 2.24. The molecule has 132 valence electrons. The van der Waals surface area contributed by atoms with Crippen LogP contribution in [0, 0.1) is 10.1 Å². The number of hydrogen-bond acceptors (Lipinski definition) is 5. The number of nitrogens with one attached hydrogen (secondary N) is 2. The Labute approximate surface area is 144 Å². The first kappa shape index (κ1) is 18.4. The lowest BCUT2D eigenvalue weighted by molar-refractivity contribution is -0.384. The van der Waals surface area contributed by atoms with Crippen molar-refractivity contribution < 1.29 is 18.1 Å². The van der Waals surface area contributed by atoms with Gasteiger partial charge in [0.05, 0.1) is 14.7 Å². The summed E-state index contributed by atoms with van der Waals surface area (Å²) >= 11 is 0. The number of sulfone groups is 1. The molecule has 0 aliphatic heterocycles. The fourth-order valence-electron chi connectivity index (χ4n) is 2.03. The Kier molecular flexibility index (Phi) is 5.38. The fourth-order valence-corrected chi connectivity index (χ4v) is 3.29. The number of hydrogen-bond donors (Lipinski definition) is 2. The largest absolute Gasteiger partial charge is 0.336 e. The zero-order chi connectivity index (χ0) is 18.6. The summed E-state index contributed by atoms with van der Waals surface area (Å²) in [6.07, 6.45) is 0. The van der Waals surface area contributed by atoms with Crippen LogP contribution in [0.3, 0.4) is 0 Å². The molecule has 0 spiro atoms. The standard InChI is InChI=1S/C16H17N3O5S/c1-11(2)17-16(20)18-12-3-7-14(8-4-12)25(23,24)15-9-5-13(6-10-15)19(21)22/h3-11H,1-2H3,(H2,17,18,20). The van der Waals surface area contributed by atoms with Gasteiger partial charge >= 0.3 is 6.03 Å². The van der Waals surface area contributed by atoms with E-state index in [9.17, 15) is 23.3 Å². The normalized spacial score (nSPS) is 11.2. The summed E-state index contributed by atoms with van der Waals surface area (Å²) in [5.74, 6) is 0. The number of carbonyl (C=O) groups excluding carboxylic acids is 1. The molecule has 0 saturated carbocycles. The van der Waals surface area contributed by atoms with Gasteiger partial charge in [0.25, 0.3) is 5.69 Å². The highest BCUT2D eigenvalue weighted by Gasteiger charge is 2.19. The second-order valence-electron chi connectivity index (χ2n) is 5.53. The molecule has 0 radical (unpaired) electrons. The molecular formula is C16H17N3O5S.